The van der Waals surface area contributed by atoms with E-state index < -0.39 is 0 Å². The van der Waals surface area contributed by atoms with Gasteiger partial charge in [-0.2, -0.15) is 0 Å². The standard InChI is InChI=1S/C18H34N2S/c1-8-10-19-18(11-13(3)4,12-14(5)6)17-20-16(9-2)15(7)21-17/h13-14,19H,8-12H2,1-7H3. The highest BCUT2D eigenvalue weighted by Gasteiger charge is 2.36. The molecule has 122 valence electrons. The van der Waals surface area contributed by atoms with Crippen LogP contribution in [-0.4, -0.2) is 11.5 Å². The Morgan fingerprint density at radius 3 is 2.05 bits per heavy atom. The molecule has 1 heterocycles. The quantitative estimate of drug-likeness (QED) is 0.669. The summed E-state index contributed by atoms with van der Waals surface area (Å²) >= 11 is 1.91. The van der Waals surface area contributed by atoms with E-state index in [2.05, 4.69) is 53.8 Å². The van der Waals surface area contributed by atoms with Crippen LogP contribution in [0.15, 0.2) is 0 Å². The Morgan fingerprint density at radius 2 is 1.67 bits per heavy atom. The molecule has 0 aromatic carbocycles. The van der Waals surface area contributed by atoms with Crippen LogP contribution in [0.2, 0.25) is 0 Å². The molecule has 1 aromatic heterocycles. The molecule has 1 aromatic rings. The Morgan fingerprint density at radius 1 is 1.10 bits per heavy atom. The molecule has 0 aliphatic carbocycles. The molecule has 21 heavy (non-hydrogen) atoms. The smallest absolute Gasteiger partial charge is 0.113 e. The molecule has 0 aliphatic heterocycles. The molecule has 0 atom stereocenters. The highest BCUT2D eigenvalue weighted by molar-refractivity contribution is 7.11. The first-order valence-electron chi connectivity index (χ1n) is 8.56. The van der Waals surface area contributed by atoms with Gasteiger partial charge in [-0.1, -0.05) is 41.5 Å². The van der Waals surface area contributed by atoms with Crippen LogP contribution in [0.4, 0.5) is 0 Å². The van der Waals surface area contributed by atoms with Gasteiger partial charge in [-0.3, -0.25) is 0 Å². The highest BCUT2D eigenvalue weighted by atomic mass is 32.1. The minimum absolute atomic E-state index is 0.0567. The van der Waals surface area contributed by atoms with Crippen molar-refractivity contribution in [1.82, 2.24) is 10.3 Å². The Bertz CT molecular complexity index is 411. The van der Waals surface area contributed by atoms with Crippen molar-refractivity contribution in [1.29, 1.82) is 0 Å². The Balaban J connectivity index is 3.22. The predicted molar refractivity (Wildman–Crippen MR) is 95.1 cm³/mol. The van der Waals surface area contributed by atoms with Crippen LogP contribution < -0.4 is 5.32 Å². The van der Waals surface area contributed by atoms with Crippen molar-refractivity contribution in [2.24, 2.45) is 11.8 Å². The highest BCUT2D eigenvalue weighted by Crippen LogP contribution is 2.38. The van der Waals surface area contributed by atoms with Gasteiger partial charge in [0.2, 0.25) is 0 Å². The van der Waals surface area contributed by atoms with E-state index in [1.165, 1.54) is 34.8 Å². The van der Waals surface area contributed by atoms with Gasteiger partial charge >= 0.3 is 0 Å². The Hall–Kier alpha value is -0.410. The summed E-state index contributed by atoms with van der Waals surface area (Å²) in [4.78, 5) is 6.41. The average Bonchev–Trinajstić information content (AvgIpc) is 2.76. The number of thiazole rings is 1. The van der Waals surface area contributed by atoms with Gasteiger partial charge in [0.15, 0.2) is 0 Å². The van der Waals surface area contributed by atoms with E-state index >= 15 is 0 Å². The van der Waals surface area contributed by atoms with Crippen LogP contribution in [0.5, 0.6) is 0 Å². The molecule has 0 bridgehead atoms. The van der Waals surface area contributed by atoms with Gasteiger partial charge in [-0.05, 0) is 51.0 Å². The minimum Gasteiger partial charge on any atom is -0.305 e. The van der Waals surface area contributed by atoms with E-state index in [1.54, 1.807) is 0 Å². The first kappa shape index (κ1) is 18.6. The van der Waals surface area contributed by atoms with Crippen molar-refractivity contribution in [2.45, 2.75) is 79.7 Å². The first-order chi connectivity index (χ1) is 9.84. The van der Waals surface area contributed by atoms with Crippen LogP contribution in [0.1, 0.15) is 76.4 Å². The fraction of sp³-hybridized carbons (Fsp3) is 0.833. The summed E-state index contributed by atoms with van der Waals surface area (Å²) in [5.74, 6) is 1.34. The zero-order valence-electron chi connectivity index (χ0n) is 15.0. The van der Waals surface area contributed by atoms with E-state index in [9.17, 15) is 0 Å². The molecule has 1 N–H and O–H groups in total. The van der Waals surface area contributed by atoms with E-state index in [-0.39, 0.29) is 5.54 Å². The third-order valence-electron chi connectivity index (χ3n) is 3.86. The zero-order valence-corrected chi connectivity index (χ0v) is 15.9. The second kappa shape index (κ2) is 8.28. The molecule has 2 nitrogen and oxygen atoms in total. The molecule has 3 heteroatoms. The van der Waals surface area contributed by atoms with Crippen molar-refractivity contribution in [3.05, 3.63) is 15.6 Å². The molecular formula is C18H34N2S. The minimum atomic E-state index is 0.0567. The first-order valence-corrected chi connectivity index (χ1v) is 9.38. The fourth-order valence-corrected chi connectivity index (χ4v) is 4.38. The summed E-state index contributed by atoms with van der Waals surface area (Å²) < 4.78 is 0. The van der Waals surface area contributed by atoms with Gasteiger partial charge in [0.1, 0.15) is 5.01 Å². The van der Waals surface area contributed by atoms with Gasteiger partial charge in [0.05, 0.1) is 11.2 Å². The van der Waals surface area contributed by atoms with Crippen molar-refractivity contribution >= 4 is 11.3 Å². The number of aryl methyl sites for hydroxylation is 2. The Labute approximate surface area is 135 Å². The lowest BCUT2D eigenvalue weighted by Gasteiger charge is -2.36. The van der Waals surface area contributed by atoms with Crippen LogP contribution in [0.25, 0.3) is 0 Å². The molecular weight excluding hydrogens is 276 g/mol. The monoisotopic (exact) mass is 310 g/mol. The largest absolute Gasteiger partial charge is 0.305 e. The Kier molecular flexibility index (Phi) is 7.35. The second-order valence-electron chi connectivity index (χ2n) is 7.08. The molecule has 0 unspecified atom stereocenters. The number of hydrogen-bond acceptors (Lipinski definition) is 3. The van der Waals surface area contributed by atoms with Gasteiger partial charge in [-0.15, -0.1) is 11.3 Å². The lowest BCUT2D eigenvalue weighted by Crippen LogP contribution is -2.45. The van der Waals surface area contributed by atoms with E-state index in [1.807, 2.05) is 11.3 Å². The molecule has 0 amide bonds. The third-order valence-corrected chi connectivity index (χ3v) is 5.08. The van der Waals surface area contributed by atoms with Gasteiger partial charge in [0.25, 0.3) is 0 Å². The number of nitrogens with one attached hydrogen (secondary N) is 1. The lowest BCUT2D eigenvalue weighted by atomic mass is 9.82. The maximum atomic E-state index is 5.02. The molecule has 1 rings (SSSR count). The number of nitrogens with zero attached hydrogens (tertiary/aromatic N) is 1. The summed E-state index contributed by atoms with van der Waals surface area (Å²) in [5.41, 5.74) is 1.34. The van der Waals surface area contributed by atoms with E-state index in [4.69, 9.17) is 4.98 Å². The number of rotatable bonds is 9. The summed E-state index contributed by atoms with van der Waals surface area (Å²) in [6.07, 6.45) is 4.54. The van der Waals surface area contributed by atoms with Crippen molar-refractivity contribution < 1.29 is 0 Å². The summed E-state index contributed by atoms with van der Waals surface area (Å²) in [6.45, 7) is 17.0. The molecule has 0 aliphatic rings. The van der Waals surface area contributed by atoms with E-state index in [0.29, 0.717) is 11.8 Å². The lowest BCUT2D eigenvalue weighted by molar-refractivity contribution is 0.224. The number of hydrogen-bond donors (Lipinski definition) is 1. The summed E-state index contributed by atoms with van der Waals surface area (Å²) in [6, 6.07) is 0. The maximum Gasteiger partial charge on any atom is 0.113 e. The maximum absolute atomic E-state index is 5.02. The van der Waals surface area contributed by atoms with Crippen molar-refractivity contribution in [3.8, 4) is 0 Å². The van der Waals surface area contributed by atoms with Crippen molar-refractivity contribution in [3.63, 3.8) is 0 Å². The van der Waals surface area contributed by atoms with Crippen molar-refractivity contribution in [2.75, 3.05) is 6.54 Å². The average molecular weight is 311 g/mol. The molecule has 0 saturated carbocycles. The molecule has 0 radical (unpaired) electrons. The fourth-order valence-electron chi connectivity index (χ4n) is 3.20. The topological polar surface area (TPSA) is 24.9 Å². The van der Waals surface area contributed by atoms with Crippen LogP contribution >= 0.6 is 11.3 Å². The van der Waals surface area contributed by atoms with E-state index in [0.717, 1.165) is 13.0 Å². The van der Waals surface area contributed by atoms with Gasteiger partial charge in [0, 0.05) is 4.88 Å². The normalized spacial score (nSPS) is 12.6. The zero-order chi connectivity index (χ0) is 16.0. The van der Waals surface area contributed by atoms with Gasteiger partial charge in [-0.25, -0.2) is 4.98 Å². The SMILES string of the molecule is CCCNC(CC(C)C)(CC(C)C)c1nc(CC)c(C)s1. The number of aromatic nitrogens is 1. The molecule has 0 saturated heterocycles. The predicted octanol–water partition coefficient (Wildman–Crippen LogP) is 5.30. The van der Waals surface area contributed by atoms with Crippen LogP contribution in [0.3, 0.4) is 0 Å². The third kappa shape index (κ3) is 5.07. The molecule has 0 spiro atoms. The summed E-state index contributed by atoms with van der Waals surface area (Å²) in [5, 5.41) is 5.19. The second-order valence-corrected chi connectivity index (χ2v) is 8.28. The summed E-state index contributed by atoms with van der Waals surface area (Å²) in [7, 11) is 0. The van der Waals surface area contributed by atoms with Gasteiger partial charge < -0.3 is 5.32 Å². The molecule has 0 fully saturated rings. The van der Waals surface area contributed by atoms with Crippen LogP contribution in [-0.2, 0) is 12.0 Å². The van der Waals surface area contributed by atoms with Crippen LogP contribution in [0, 0.1) is 18.8 Å².